The number of hydrogen-bond donors (Lipinski definition) is 1. The summed E-state index contributed by atoms with van der Waals surface area (Å²) in [7, 11) is -1.03. The first-order valence-corrected chi connectivity index (χ1v) is 8.52. The Balaban J connectivity index is 2.65. The predicted molar refractivity (Wildman–Crippen MR) is 66.2 cm³/mol. The summed E-state index contributed by atoms with van der Waals surface area (Å²) in [5.41, 5.74) is 2.06. The average molecular weight is 203 g/mol. The first-order valence-electron chi connectivity index (χ1n) is 4.82. The summed E-state index contributed by atoms with van der Waals surface area (Å²) >= 11 is 0. The summed E-state index contributed by atoms with van der Waals surface area (Å²) in [6.45, 7) is 7.01. The zero-order valence-electron chi connectivity index (χ0n) is 9.09. The summed E-state index contributed by atoms with van der Waals surface area (Å²) < 4.78 is 0. The molecule has 2 heteroatoms. The fourth-order valence-corrected chi connectivity index (χ4v) is 1.82. The molecule has 0 amide bonds. The molecular weight excluding hydrogens is 186 g/mol. The summed E-state index contributed by atoms with van der Waals surface area (Å²) in [4.78, 5) is 0. The van der Waals surface area contributed by atoms with Gasteiger partial charge in [0.1, 0.15) is 0 Å². The molecule has 14 heavy (non-hydrogen) atoms. The molecule has 0 atom stereocenters. The molecule has 0 aliphatic heterocycles. The van der Waals surface area contributed by atoms with Crippen LogP contribution in [0.5, 0.6) is 0 Å². The van der Waals surface area contributed by atoms with Crippen LogP contribution in [0.2, 0.25) is 19.6 Å². The molecule has 1 aromatic rings. The van der Waals surface area contributed by atoms with Crippen molar-refractivity contribution in [2.75, 3.05) is 11.5 Å². The maximum atomic E-state index is 5.33. The van der Waals surface area contributed by atoms with E-state index in [-0.39, 0.29) is 0 Å². The molecule has 1 rings (SSSR count). The second-order valence-corrected chi connectivity index (χ2v) is 10.1. The summed E-state index contributed by atoms with van der Waals surface area (Å²) in [6.07, 6.45) is 6.42. The van der Waals surface area contributed by atoms with Crippen LogP contribution >= 0.6 is 0 Å². The van der Waals surface area contributed by atoms with Gasteiger partial charge in [-0.2, -0.15) is 0 Å². The van der Waals surface area contributed by atoms with Crippen molar-refractivity contribution in [1.29, 1.82) is 0 Å². The van der Waals surface area contributed by atoms with Crippen molar-refractivity contribution < 1.29 is 0 Å². The molecule has 74 valence electrons. The average Bonchev–Trinajstić information content (AvgIpc) is 2.14. The number of benzene rings is 1. The van der Waals surface area contributed by atoms with E-state index in [4.69, 9.17) is 6.42 Å². The van der Waals surface area contributed by atoms with Gasteiger partial charge in [-0.1, -0.05) is 31.6 Å². The molecule has 0 saturated carbocycles. The van der Waals surface area contributed by atoms with Crippen molar-refractivity contribution in [3.05, 3.63) is 29.8 Å². The van der Waals surface area contributed by atoms with Gasteiger partial charge in [0.2, 0.25) is 0 Å². The van der Waals surface area contributed by atoms with Gasteiger partial charge in [-0.25, -0.2) is 0 Å². The fourth-order valence-electron chi connectivity index (χ4n) is 1.09. The van der Waals surface area contributed by atoms with Gasteiger partial charge in [0.15, 0.2) is 0 Å². The molecule has 0 saturated heterocycles. The van der Waals surface area contributed by atoms with Crippen molar-refractivity contribution in [1.82, 2.24) is 0 Å². The molecule has 0 heterocycles. The van der Waals surface area contributed by atoms with Crippen molar-refractivity contribution in [2.45, 2.75) is 19.6 Å². The van der Waals surface area contributed by atoms with Crippen molar-refractivity contribution in [3.63, 3.8) is 0 Å². The SMILES string of the molecule is C#Cc1cccc(NC[Si](C)(C)C)c1. The number of rotatable bonds is 3. The van der Waals surface area contributed by atoms with Crippen LogP contribution in [0.3, 0.4) is 0 Å². The van der Waals surface area contributed by atoms with Gasteiger partial charge >= 0.3 is 0 Å². The summed E-state index contributed by atoms with van der Waals surface area (Å²) in [5, 5.41) is 3.43. The van der Waals surface area contributed by atoms with E-state index in [1.165, 1.54) is 0 Å². The zero-order chi connectivity index (χ0) is 10.6. The minimum absolute atomic E-state index is 0.936. The van der Waals surface area contributed by atoms with E-state index in [2.05, 4.69) is 36.9 Å². The van der Waals surface area contributed by atoms with Crippen LogP contribution in [0.1, 0.15) is 5.56 Å². The topological polar surface area (TPSA) is 12.0 Å². The molecule has 0 radical (unpaired) electrons. The normalized spacial score (nSPS) is 10.7. The van der Waals surface area contributed by atoms with Gasteiger partial charge in [0, 0.05) is 17.4 Å². The third kappa shape index (κ3) is 3.67. The van der Waals surface area contributed by atoms with Gasteiger partial charge in [0.25, 0.3) is 0 Å². The molecule has 0 aliphatic rings. The number of nitrogens with one attached hydrogen (secondary N) is 1. The first kappa shape index (κ1) is 10.9. The summed E-state index contributed by atoms with van der Waals surface area (Å²) in [6, 6.07) is 8.00. The highest BCUT2D eigenvalue weighted by Crippen LogP contribution is 2.11. The molecule has 1 aromatic carbocycles. The second-order valence-electron chi connectivity index (χ2n) is 4.64. The Kier molecular flexibility index (Phi) is 3.37. The van der Waals surface area contributed by atoms with Gasteiger partial charge in [-0.15, -0.1) is 6.42 Å². The van der Waals surface area contributed by atoms with E-state index < -0.39 is 8.07 Å². The van der Waals surface area contributed by atoms with Gasteiger partial charge in [-0.05, 0) is 18.2 Å². The van der Waals surface area contributed by atoms with Crippen molar-refractivity contribution in [3.8, 4) is 12.3 Å². The van der Waals surface area contributed by atoms with Crippen LogP contribution in [0, 0.1) is 12.3 Å². The fraction of sp³-hybridized carbons (Fsp3) is 0.333. The maximum absolute atomic E-state index is 5.33. The largest absolute Gasteiger partial charge is 0.388 e. The van der Waals surface area contributed by atoms with E-state index in [1.54, 1.807) is 0 Å². The lowest BCUT2D eigenvalue weighted by atomic mass is 10.2. The van der Waals surface area contributed by atoms with Crippen LogP contribution < -0.4 is 5.32 Å². The molecule has 0 unspecified atom stereocenters. The number of hydrogen-bond acceptors (Lipinski definition) is 1. The second kappa shape index (κ2) is 4.34. The number of terminal acetylenes is 1. The molecule has 0 bridgehead atoms. The quantitative estimate of drug-likeness (QED) is 0.588. The van der Waals surface area contributed by atoms with E-state index in [9.17, 15) is 0 Å². The zero-order valence-corrected chi connectivity index (χ0v) is 10.1. The van der Waals surface area contributed by atoms with Gasteiger partial charge in [-0.3, -0.25) is 0 Å². The van der Waals surface area contributed by atoms with Crippen molar-refractivity contribution in [2.24, 2.45) is 0 Å². The minimum Gasteiger partial charge on any atom is -0.388 e. The number of anilines is 1. The molecule has 0 aromatic heterocycles. The molecule has 0 spiro atoms. The van der Waals surface area contributed by atoms with E-state index in [0.717, 1.165) is 17.4 Å². The standard InChI is InChI=1S/C12H17NSi/c1-5-11-7-6-8-12(9-11)13-10-14(2,3)4/h1,6-9,13H,10H2,2-4H3. The predicted octanol–water partition coefficient (Wildman–Crippen LogP) is 2.96. The maximum Gasteiger partial charge on any atom is 0.0662 e. The van der Waals surface area contributed by atoms with Crippen LogP contribution in [-0.4, -0.2) is 14.2 Å². The lowest BCUT2D eigenvalue weighted by Crippen LogP contribution is -2.31. The third-order valence-corrected chi connectivity index (χ3v) is 3.09. The molecule has 1 N–H and O–H groups in total. The smallest absolute Gasteiger partial charge is 0.0662 e. The van der Waals surface area contributed by atoms with E-state index in [1.807, 2.05) is 18.2 Å². The Morgan fingerprint density at radius 2 is 2.07 bits per heavy atom. The van der Waals surface area contributed by atoms with Crippen molar-refractivity contribution >= 4 is 13.8 Å². The third-order valence-electron chi connectivity index (χ3n) is 1.85. The van der Waals surface area contributed by atoms with E-state index >= 15 is 0 Å². The van der Waals surface area contributed by atoms with Crippen LogP contribution in [-0.2, 0) is 0 Å². The van der Waals surface area contributed by atoms with Gasteiger partial charge < -0.3 is 5.32 Å². The lowest BCUT2D eigenvalue weighted by Gasteiger charge is -2.17. The minimum atomic E-state index is -1.03. The molecule has 0 aliphatic carbocycles. The Hall–Kier alpha value is -1.20. The Bertz CT molecular complexity index is 344. The highest BCUT2D eigenvalue weighted by molar-refractivity contribution is 6.76. The highest BCUT2D eigenvalue weighted by Gasteiger charge is 2.11. The monoisotopic (exact) mass is 203 g/mol. The summed E-state index contributed by atoms with van der Waals surface area (Å²) in [5.74, 6) is 2.64. The lowest BCUT2D eigenvalue weighted by molar-refractivity contribution is 1.36. The van der Waals surface area contributed by atoms with Gasteiger partial charge in [0.05, 0.1) is 8.07 Å². The van der Waals surface area contributed by atoms with E-state index in [0.29, 0.717) is 0 Å². The van der Waals surface area contributed by atoms with Crippen LogP contribution in [0.4, 0.5) is 5.69 Å². The Morgan fingerprint density at radius 1 is 1.36 bits per heavy atom. The highest BCUT2D eigenvalue weighted by atomic mass is 28.3. The van der Waals surface area contributed by atoms with Crippen LogP contribution in [0.25, 0.3) is 0 Å². The Morgan fingerprint density at radius 3 is 2.64 bits per heavy atom. The molecular formula is C12H17NSi. The molecule has 0 fully saturated rings. The Labute approximate surface area is 87.6 Å². The molecule has 1 nitrogen and oxygen atoms in total. The first-order chi connectivity index (χ1) is 6.51. The van der Waals surface area contributed by atoms with Crippen LogP contribution in [0.15, 0.2) is 24.3 Å².